The second-order valence-corrected chi connectivity index (χ2v) is 7.67. The predicted molar refractivity (Wildman–Crippen MR) is 121 cm³/mol. The Hall–Kier alpha value is -4.17. The molecule has 33 heavy (non-hydrogen) atoms. The van der Waals surface area contributed by atoms with Crippen molar-refractivity contribution in [1.82, 2.24) is 15.5 Å². The number of aromatic nitrogens is 2. The molecule has 4 aromatic rings. The van der Waals surface area contributed by atoms with Gasteiger partial charge < -0.3 is 19.9 Å². The zero-order chi connectivity index (χ0) is 23.2. The van der Waals surface area contributed by atoms with Crippen molar-refractivity contribution in [2.75, 3.05) is 0 Å². The Morgan fingerprint density at radius 1 is 1.00 bits per heavy atom. The number of carbonyl (C=O) groups excluding carboxylic acids is 1. The van der Waals surface area contributed by atoms with Crippen molar-refractivity contribution in [3.63, 3.8) is 0 Å². The lowest BCUT2D eigenvalue weighted by molar-refractivity contribution is -0.147. The number of benzene rings is 2. The maximum atomic E-state index is 12.8. The van der Waals surface area contributed by atoms with Gasteiger partial charge in [0.15, 0.2) is 17.6 Å². The number of hydrogen-bond donors (Lipinski definition) is 4. The predicted octanol–water partition coefficient (Wildman–Crippen LogP) is 3.51. The van der Waals surface area contributed by atoms with E-state index in [9.17, 15) is 14.7 Å². The fraction of sp³-hybridized carbons (Fsp3) is 0.160. The van der Waals surface area contributed by atoms with Crippen LogP contribution in [0.25, 0.3) is 22.6 Å². The fourth-order valence-corrected chi connectivity index (χ4v) is 3.57. The third-order valence-electron chi connectivity index (χ3n) is 5.27. The lowest BCUT2D eigenvalue weighted by Gasteiger charge is -2.20. The minimum absolute atomic E-state index is 0.135. The highest BCUT2D eigenvalue weighted by Gasteiger charge is 2.23. The van der Waals surface area contributed by atoms with Crippen LogP contribution in [0.3, 0.4) is 0 Å². The van der Waals surface area contributed by atoms with E-state index in [1.54, 1.807) is 18.2 Å². The monoisotopic (exact) mass is 445 g/mol. The Balaban J connectivity index is 1.48. The zero-order valence-electron chi connectivity index (χ0n) is 17.6. The van der Waals surface area contributed by atoms with Crippen LogP contribution in [0, 0.1) is 0 Å². The molecule has 0 radical (unpaired) electrons. The van der Waals surface area contributed by atoms with Gasteiger partial charge in [-0.2, -0.15) is 5.10 Å². The summed E-state index contributed by atoms with van der Waals surface area (Å²) in [7, 11) is 0. The molecule has 168 valence electrons. The maximum absolute atomic E-state index is 12.8. The quantitative estimate of drug-likeness (QED) is 0.312. The molecule has 0 spiro atoms. The number of hydrogen-bond acceptors (Lipinski definition) is 5. The number of aliphatic hydroxyl groups excluding tert-OH is 1. The molecule has 0 fully saturated rings. The minimum Gasteiger partial charge on any atom is -0.479 e. The van der Waals surface area contributed by atoms with E-state index in [4.69, 9.17) is 9.52 Å². The highest BCUT2D eigenvalue weighted by atomic mass is 16.4. The summed E-state index contributed by atoms with van der Waals surface area (Å²) >= 11 is 0. The molecule has 4 N–H and O–H groups in total. The maximum Gasteiger partial charge on any atom is 0.332 e. The summed E-state index contributed by atoms with van der Waals surface area (Å²) in [4.78, 5) is 24.0. The van der Waals surface area contributed by atoms with Crippen LogP contribution in [0.2, 0.25) is 0 Å². The van der Waals surface area contributed by atoms with Crippen LogP contribution in [0.4, 0.5) is 0 Å². The summed E-state index contributed by atoms with van der Waals surface area (Å²) in [6.07, 6.45) is 0.122. The van der Waals surface area contributed by atoms with Gasteiger partial charge in [-0.25, -0.2) is 4.79 Å². The number of nitrogens with zero attached hydrogens (tertiary/aromatic N) is 1. The SMILES string of the molecule is O=C(NC(Cc1ccc(-c2ccccc2)cc1)C[C@@H](O)C(=O)O)c1cc(-c2ccco2)[nH]n1. The van der Waals surface area contributed by atoms with E-state index in [0.29, 0.717) is 17.9 Å². The van der Waals surface area contributed by atoms with Crippen molar-refractivity contribution in [3.05, 3.63) is 90.3 Å². The van der Waals surface area contributed by atoms with Crippen LogP contribution in [0.5, 0.6) is 0 Å². The molecule has 0 saturated heterocycles. The molecular weight excluding hydrogens is 422 g/mol. The van der Waals surface area contributed by atoms with Crippen LogP contribution in [0.1, 0.15) is 22.5 Å². The molecule has 0 aliphatic heterocycles. The van der Waals surface area contributed by atoms with E-state index in [1.807, 2.05) is 54.6 Å². The Morgan fingerprint density at radius 3 is 2.39 bits per heavy atom. The summed E-state index contributed by atoms with van der Waals surface area (Å²) in [5.41, 5.74) is 3.71. The first-order valence-corrected chi connectivity index (χ1v) is 10.4. The number of carboxylic acid groups (broad SMARTS) is 1. The number of rotatable bonds is 9. The van der Waals surface area contributed by atoms with Crippen molar-refractivity contribution in [2.45, 2.75) is 25.0 Å². The van der Waals surface area contributed by atoms with Gasteiger partial charge in [0.05, 0.1) is 6.26 Å². The second kappa shape index (κ2) is 9.97. The first kappa shape index (κ1) is 22.0. The summed E-state index contributed by atoms with van der Waals surface area (Å²) in [6, 6.07) is 22.1. The molecule has 8 heteroatoms. The number of furan rings is 1. The lowest BCUT2D eigenvalue weighted by Crippen LogP contribution is -2.40. The van der Waals surface area contributed by atoms with Crippen molar-refractivity contribution >= 4 is 11.9 Å². The molecule has 1 unspecified atom stereocenters. The molecule has 0 bridgehead atoms. The van der Waals surface area contributed by atoms with Gasteiger partial charge in [-0.3, -0.25) is 9.89 Å². The number of carbonyl (C=O) groups is 2. The van der Waals surface area contributed by atoms with Crippen molar-refractivity contribution in [2.24, 2.45) is 0 Å². The van der Waals surface area contributed by atoms with E-state index < -0.39 is 24.0 Å². The number of carboxylic acids is 1. The van der Waals surface area contributed by atoms with Crippen molar-refractivity contribution in [1.29, 1.82) is 0 Å². The highest BCUT2D eigenvalue weighted by molar-refractivity contribution is 5.93. The highest BCUT2D eigenvalue weighted by Crippen LogP contribution is 2.21. The number of nitrogens with one attached hydrogen (secondary N) is 2. The summed E-state index contributed by atoms with van der Waals surface area (Å²) in [6.45, 7) is 0. The minimum atomic E-state index is -1.60. The van der Waals surface area contributed by atoms with E-state index in [-0.39, 0.29) is 12.1 Å². The van der Waals surface area contributed by atoms with E-state index in [2.05, 4.69) is 15.5 Å². The van der Waals surface area contributed by atoms with Gasteiger partial charge >= 0.3 is 5.97 Å². The van der Waals surface area contributed by atoms with Gasteiger partial charge in [-0.1, -0.05) is 54.6 Å². The zero-order valence-corrected chi connectivity index (χ0v) is 17.6. The number of aromatic amines is 1. The van der Waals surface area contributed by atoms with Crippen molar-refractivity contribution < 1.29 is 24.2 Å². The Labute approximate surface area is 189 Å². The normalized spacial score (nSPS) is 12.8. The molecular formula is C25H23N3O5. The van der Waals surface area contributed by atoms with E-state index >= 15 is 0 Å². The number of aliphatic carboxylic acids is 1. The topological polar surface area (TPSA) is 128 Å². The van der Waals surface area contributed by atoms with Gasteiger partial charge in [0, 0.05) is 18.5 Å². The third kappa shape index (κ3) is 5.55. The molecule has 0 saturated carbocycles. The molecule has 2 aromatic heterocycles. The molecule has 2 heterocycles. The standard InChI is InChI=1S/C25H23N3O5/c29-22(25(31)32)14-19(13-16-8-10-18(11-9-16)17-5-2-1-3-6-17)26-24(30)21-15-20(27-28-21)23-7-4-12-33-23/h1-12,15,19,22,29H,13-14H2,(H,26,30)(H,27,28)(H,31,32)/t19?,22-/m1/s1. The van der Waals surface area contributed by atoms with Gasteiger partial charge in [-0.15, -0.1) is 0 Å². The largest absolute Gasteiger partial charge is 0.479 e. The first-order chi connectivity index (χ1) is 16.0. The molecule has 1 amide bonds. The van der Waals surface area contributed by atoms with Gasteiger partial charge in [0.1, 0.15) is 5.69 Å². The molecule has 2 aromatic carbocycles. The average molecular weight is 445 g/mol. The van der Waals surface area contributed by atoms with Gasteiger partial charge in [0.2, 0.25) is 0 Å². The molecule has 2 atom stereocenters. The lowest BCUT2D eigenvalue weighted by atomic mass is 9.97. The Bertz CT molecular complexity index is 1200. The molecule has 8 nitrogen and oxygen atoms in total. The smallest absolute Gasteiger partial charge is 0.332 e. The van der Waals surface area contributed by atoms with Crippen LogP contribution in [-0.2, 0) is 11.2 Å². The van der Waals surface area contributed by atoms with E-state index in [1.165, 1.54) is 6.26 Å². The van der Waals surface area contributed by atoms with Crippen molar-refractivity contribution in [3.8, 4) is 22.6 Å². The third-order valence-corrected chi connectivity index (χ3v) is 5.27. The number of aliphatic hydroxyl groups is 1. The number of H-pyrrole nitrogens is 1. The van der Waals surface area contributed by atoms with E-state index in [0.717, 1.165) is 16.7 Å². The number of amides is 1. The second-order valence-electron chi connectivity index (χ2n) is 7.67. The van der Waals surface area contributed by atoms with Gasteiger partial charge in [0.25, 0.3) is 5.91 Å². The van der Waals surface area contributed by atoms with Crippen LogP contribution < -0.4 is 5.32 Å². The fourth-order valence-electron chi connectivity index (χ4n) is 3.57. The van der Waals surface area contributed by atoms with Crippen LogP contribution in [0.15, 0.2) is 83.5 Å². The molecule has 4 rings (SSSR count). The summed E-state index contributed by atoms with van der Waals surface area (Å²) < 4.78 is 5.29. The Morgan fingerprint density at radius 2 is 1.73 bits per heavy atom. The van der Waals surface area contributed by atoms with Crippen LogP contribution in [-0.4, -0.2) is 44.4 Å². The first-order valence-electron chi connectivity index (χ1n) is 10.4. The molecule has 0 aliphatic rings. The summed E-state index contributed by atoms with van der Waals surface area (Å²) in [5.74, 6) is -1.28. The van der Waals surface area contributed by atoms with Gasteiger partial charge in [-0.05, 0) is 35.2 Å². The molecule has 0 aliphatic carbocycles. The average Bonchev–Trinajstić information content (AvgIpc) is 3.52. The summed E-state index contributed by atoms with van der Waals surface area (Å²) in [5, 5.41) is 28.6. The van der Waals surface area contributed by atoms with Crippen LogP contribution >= 0.6 is 0 Å². The Kier molecular flexibility index (Phi) is 6.66.